The molecule has 1 N–H and O–H groups in total. The van der Waals surface area contributed by atoms with Crippen molar-refractivity contribution in [1.82, 2.24) is 4.90 Å². The molecule has 7 nitrogen and oxygen atoms in total. The smallest absolute Gasteiger partial charge is 0.339 e. The molecule has 0 saturated carbocycles. The first kappa shape index (κ1) is 21.3. The van der Waals surface area contributed by atoms with Crippen molar-refractivity contribution < 1.29 is 23.3 Å². The average Bonchev–Trinajstić information content (AvgIpc) is 2.71. The lowest BCUT2D eigenvalue weighted by molar-refractivity contribution is -0.119. The fourth-order valence-electron chi connectivity index (χ4n) is 2.35. The van der Waals surface area contributed by atoms with E-state index in [2.05, 4.69) is 5.32 Å². The molecule has 2 amide bonds. The first-order valence-corrected chi connectivity index (χ1v) is 9.91. The monoisotopic (exact) mass is 402 g/mol. The van der Waals surface area contributed by atoms with Crippen LogP contribution >= 0.6 is 0 Å². The lowest BCUT2D eigenvalue weighted by Gasteiger charge is -2.11. The third-order valence-electron chi connectivity index (χ3n) is 3.77. The molecule has 0 radical (unpaired) electrons. The molecule has 0 aliphatic rings. The molecule has 0 saturated heterocycles. The van der Waals surface area contributed by atoms with E-state index < -0.39 is 29.3 Å². The van der Waals surface area contributed by atoms with Crippen LogP contribution in [0.1, 0.15) is 27.6 Å². The molecule has 0 unspecified atom stereocenters. The number of nitrogens with zero attached hydrogens (tertiary/aromatic N) is 1. The summed E-state index contributed by atoms with van der Waals surface area (Å²) in [6.07, 6.45) is 0. The van der Waals surface area contributed by atoms with Gasteiger partial charge in [0.25, 0.3) is 11.8 Å². The Morgan fingerprint density at radius 2 is 1.68 bits per heavy atom. The second kappa shape index (κ2) is 9.80. The molecule has 2 aromatic carbocycles. The van der Waals surface area contributed by atoms with Gasteiger partial charge in [-0.25, -0.2) is 4.79 Å². The maximum Gasteiger partial charge on any atom is 0.339 e. The van der Waals surface area contributed by atoms with Gasteiger partial charge in [-0.2, -0.15) is 0 Å². The molecule has 8 heteroatoms. The van der Waals surface area contributed by atoms with Gasteiger partial charge in [0.1, 0.15) is 0 Å². The number of hydrogen-bond acceptors (Lipinski definition) is 5. The van der Waals surface area contributed by atoms with Crippen molar-refractivity contribution in [2.45, 2.75) is 11.8 Å². The standard InChI is InChI=1S/C20H22N2O5S/c1-4-28(26)17-8-6-5-7-16(17)20(25)27-13-18(23)21-15-11-9-14(10-12-15)19(24)22(2)3/h5-12H,4,13H2,1-3H3,(H,21,23)/t28-/m0/s1. The van der Waals surface area contributed by atoms with Crippen molar-refractivity contribution in [3.63, 3.8) is 0 Å². The molecule has 2 aromatic rings. The number of hydrogen-bond donors (Lipinski definition) is 1. The summed E-state index contributed by atoms with van der Waals surface area (Å²) in [7, 11) is 2.00. The Labute approximate surface area is 166 Å². The van der Waals surface area contributed by atoms with Gasteiger partial charge in [-0.05, 0) is 36.4 Å². The van der Waals surface area contributed by atoms with E-state index in [0.29, 0.717) is 21.9 Å². The number of benzene rings is 2. The molecule has 0 aliphatic carbocycles. The van der Waals surface area contributed by atoms with Gasteiger partial charge < -0.3 is 15.0 Å². The minimum atomic E-state index is -1.31. The van der Waals surface area contributed by atoms with Crippen molar-refractivity contribution in [2.24, 2.45) is 0 Å². The molecule has 28 heavy (non-hydrogen) atoms. The van der Waals surface area contributed by atoms with Crippen LogP contribution in [0.4, 0.5) is 5.69 Å². The normalized spacial score (nSPS) is 11.4. The molecule has 0 spiro atoms. The number of carbonyl (C=O) groups excluding carboxylic acids is 3. The van der Waals surface area contributed by atoms with E-state index in [1.54, 1.807) is 63.5 Å². The van der Waals surface area contributed by atoms with Gasteiger partial charge >= 0.3 is 5.97 Å². The van der Waals surface area contributed by atoms with Crippen molar-refractivity contribution in [3.8, 4) is 0 Å². The van der Waals surface area contributed by atoms with E-state index in [4.69, 9.17) is 4.74 Å². The summed E-state index contributed by atoms with van der Waals surface area (Å²) in [5.74, 6) is -1.000. The van der Waals surface area contributed by atoms with Crippen molar-refractivity contribution in [2.75, 3.05) is 31.8 Å². The lowest BCUT2D eigenvalue weighted by atomic mass is 10.2. The average molecular weight is 402 g/mol. The number of ether oxygens (including phenoxy) is 1. The Kier molecular flexibility index (Phi) is 7.45. The van der Waals surface area contributed by atoms with Gasteiger partial charge in [0.2, 0.25) is 0 Å². The molecule has 0 aliphatic heterocycles. The van der Waals surface area contributed by atoms with Crippen LogP contribution in [0.15, 0.2) is 53.4 Å². The second-order valence-electron chi connectivity index (χ2n) is 6.03. The zero-order valence-electron chi connectivity index (χ0n) is 15.9. The highest BCUT2D eigenvalue weighted by molar-refractivity contribution is 7.85. The highest BCUT2D eigenvalue weighted by atomic mass is 32.2. The Morgan fingerprint density at radius 3 is 2.29 bits per heavy atom. The van der Waals surface area contributed by atoms with Gasteiger partial charge in [-0.3, -0.25) is 13.8 Å². The predicted molar refractivity (Wildman–Crippen MR) is 107 cm³/mol. The number of amides is 2. The quantitative estimate of drug-likeness (QED) is 0.718. The number of carbonyl (C=O) groups is 3. The molecular weight excluding hydrogens is 380 g/mol. The summed E-state index contributed by atoms with van der Waals surface area (Å²) in [6, 6.07) is 12.8. The summed E-state index contributed by atoms with van der Waals surface area (Å²) >= 11 is 0. The molecular formula is C20H22N2O5S. The Morgan fingerprint density at radius 1 is 1.04 bits per heavy atom. The van der Waals surface area contributed by atoms with Gasteiger partial charge in [0, 0.05) is 31.1 Å². The fourth-order valence-corrected chi connectivity index (χ4v) is 3.29. The largest absolute Gasteiger partial charge is 0.452 e. The summed E-state index contributed by atoms with van der Waals surface area (Å²) in [6.45, 7) is 1.27. The number of esters is 1. The Balaban J connectivity index is 1.95. The summed E-state index contributed by atoms with van der Waals surface area (Å²) < 4.78 is 17.1. The number of rotatable bonds is 7. The Bertz CT molecular complexity index is 894. The highest BCUT2D eigenvalue weighted by Gasteiger charge is 2.17. The fraction of sp³-hybridized carbons (Fsp3) is 0.250. The highest BCUT2D eigenvalue weighted by Crippen LogP contribution is 2.15. The van der Waals surface area contributed by atoms with Crippen LogP contribution < -0.4 is 5.32 Å². The topological polar surface area (TPSA) is 92.8 Å². The van der Waals surface area contributed by atoms with Crippen LogP contribution in [-0.4, -0.2) is 53.3 Å². The Hall–Kier alpha value is -3.00. The maximum absolute atomic E-state index is 12.2. The summed E-state index contributed by atoms with van der Waals surface area (Å²) in [4.78, 5) is 38.0. The van der Waals surface area contributed by atoms with E-state index in [9.17, 15) is 18.6 Å². The van der Waals surface area contributed by atoms with E-state index >= 15 is 0 Å². The minimum absolute atomic E-state index is 0.144. The number of nitrogens with one attached hydrogen (secondary N) is 1. The first-order chi connectivity index (χ1) is 13.3. The molecule has 0 bridgehead atoms. The van der Waals surface area contributed by atoms with Crippen LogP contribution in [-0.2, 0) is 20.3 Å². The van der Waals surface area contributed by atoms with Crippen molar-refractivity contribution in [3.05, 3.63) is 59.7 Å². The van der Waals surface area contributed by atoms with Crippen LogP contribution in [0.2, 0.25) is 0 Å². The summed E-state index contributed by atoms with van der Waals surface area (Å²) in [5.41, 5.74) is 1.15. The predicted octanol–water partition coefficient (Wildman–Crippen LogP) is 2.31. The first-order valence-electron chi connectivity index (χ1n) is 8.59. The molecule has 0 heterocycles. The van der Waals surface area contributed by atoms with E-state index in [-0.39, 0.29) is 11.5 Å². The van der Waals surface area contributed by atoms with E-state index in [0.717, 1.165) is 0 Å². The van der Waals surface area contributed by atoms with Crippen molar-refractivity contribution >= 4 is 34.3 Å². The third-order valence-corrected chi connectivity index (χ3v) is 5.14. The van der Waals surface area contributed by atoms with Gasteiger partial charge in [0.15, 0.2) is 6.61 Å². The zero-order chi connectivity index (χ0) is 20.7. The van der Waals surface area contributed by atoms with Crippen molar-refractivity contribution in [1.29, 1.82) is 0 Å². The van der Waals surface area contributed by atoms with Crippen LogP contribution in [0, 0.1) is 0 Å². The van der Waals surface area contributed by atoms with Gasteiger partial charge in [-0.15, -0.1) is 0 Å². The SMILES string of the molecule is CC[S@](=O)c1ccccc1C(=O)OCC(=O)Nc1ccc(C(=O)N(C)C)cc1. The molecule has 1 atom stereocenters. The zero-order valence-corrected chi connectivity index (χ0v) is 16.7. The molecule has 0 fully saturated rings. The minimum Gasteiger partial charge on any atom is -0.452 e. The van der Waals surface area contributed by atoms with Crippen LogP contribution in [0.3, 0.4) is 0 Å². The molecule has 0 aromatic heterocycles. The van der Waals surface area contributed by atoms with Gasteiger partial charge in [0.05, 0.1) is 21.3 Å². The molecule has 2 rings (SSSR count). The summed E-state index contributed by atoms with van der Waals surface area (Å²) in [5, 5.41) is 2.59. The van der Waals surface area contributed by atoms with Crippen LogP contribution in [0.25, 0.3) is 0 Å². The second-order valence-corrected chi connectivity index (χ2v) is 7.74. The number of anilines is 1. The van der Waals surface area contributed by atoms with Gasteiger partial charge in [-0.1, -0.05) is 19.1 Å². The maximum atomic E-state index is 12.2. The van der Waals surface area contributed by atoms with E-state index in [1.165, 1.54) is 11.0 Å². The lowest BCUT2D eigenvalue weighted by Crippen LogP contribution is -2.22. The molecule has 148 valence electrons. The third kappa shape index (κ3) is 5.50. The van der Waals surface area contributed by atoms with Crippen LogP contribution in [0.5, 0.6) is 0 Å². The van der Waals surface area contributed by atoms with E-state index in [1.807, 2.05) is 0 Å².